The monoisotopic (exact) mass is 375 g/mol. The molecule has 0 bridgehead atoms. The molecule has 0 saturated heterocycles. The number of imide groups is 1. The Kier molecular flexibility index (Phi) is 7.36. The molecular formula is C20H27N2O3S+. The minimum absolute atomic E-state index is 0.00139. The van der Waals surface area contributed by atoms with Crippen molar-refractivity contribution in [3.8, 4) is 0 Å². The number of alkyl carbamates (subject to hydrolysis) is 1. The second-order valence-corrected chi connectivity index (χ2v) is 7.77. The molecule has 0 radical (unpaired) electrons. The summed E-state index contributed by atoms with van der Waals surface area (Å²) in [5.41, 5.74) is 2.45. The predicted octanol–water partition coefficient (Wildman–Crippen LogP) is 2.87. The molecule has 5 nitrogen and oxygen atoms in total. The standard InChI is InChI=1S/C20H26N2O3S/c1-13(2)12-15-7-9-16(10-8-15)18(17-6-5-11-26-17)21-14(3)19(23)22-20(24)25-4/h5-11,13-14,18,21H,12H2,1-4H3,(H,22,23,24)/p+1/t14-,18+/m1/s1. The number of hydrogen-bond acceptors (Lipinski definition) is 4. The van der Waals surface area contributed by atoms with E-state index in [0.717, 1.165) is 12.0 Å². The van der Waals surface area contributed by atoms with Crippen LogP contribution < -0.4 is 10.6 Å². The van der Waals surface area contributed by atoms with Crippen molar-refractivity contribution in [2.45, 2.75) is 39.3 Å². The molecule has 0 aliphatic carbocycles. The van der Waals surface area contributed by atoms with Crippen LogP contribution in [-0.2, 0) is 16.0 Å². The van der Waals surface area contributed by atoms with Crippen LogP contribution in [0.4, 0.5) is 4.79 Å². The normalized spacial score (nSPS) is 13.3. The third kappa shape index (κ3) is 5.68. The number of hydrogen-bond donors (Lipinski definition) is 2. The molecule has 6 heteroatoms. The zero-order valence-electron chi connectivity index (χ0n) is 15.7. The molecule has 0 unspecified atom stereocenters. The van der Waals surface area contributed by atoms with Gasteiger partial charge in [-0.25, -0.2) is 4.79 Å². The lowest BCUT2D eigenvalue weighted by Crippen LogP contribution is -2.92. The maximum absolute atomic E-state index is 12.2. The topological polar surface area (TPSA) is 72.0 Å². The van der Waals surface area contributed by atoms with Gasteiger partial charge in [0.15, 0.2) is 6.04 Å². The molecule has 1 aromatic heterocycles. The molecule has 0 aliphatic rings. The summed E-state index contributed by atoms with van der Waals surface area (Å²) in [6, 6.07) is 12.2. The van der Waals surface area contributed by atoms with Crippen molar-refractivity contribution >= 4 is 23.3 Å². The van der Waals surface area contributed by atoms with Crippen molar-refractivity contribution in [2.75, 3.05) is 7.11 Å². The third-order valence-electron chi connectivity index (χ3n) is 4.14. The van der Waals surface area contributed by atoms with Crippen molar-refractivity contribution in [1.82, 2.24) is 5.32 Å². The van der Waals surface area contributed by atoms with Crippen LogP contribution in [0.3, 0.4) is 0 Å². The van der Waals surface area contributed by atoms with Crippen molar-refractivity contribution < 1.29 is 19.6 Å². The molecule has 2 rings (SSSR count). The van der Waals surface area contributed by atoms with Gasteiger partial charge in [0.2, 0.25) is 0 Å². The Morgan fingerprint density at radius 2 is 1.85 bits per heavy atom. The predicted molar refractivity (Wildman–Crippen MR) is 103 cm³/mol. The van der Waals surface area contributed by atoms with E-state index in [2.05, 4.69) is 54.2 Å². The smallest absolute Gasteiger partial charge is 0.413 e. The number of carbonyl (C=O) groups excluding carboxylic acids is 2. The molecule has 140 valence electrons. The van der Waals surface area contributed by atoms with E-state index in [0.29, 0.717) is 5.92 Å². The number of ether oxygens (including phenoxy) is 1. The van der Waals surface area contributed by atoms with Gasteiger partial charge in [0.1, 0.15) is 6.04 Å². The molecule has 1 aromatic carbocycles. The Hall–Kier alpha value is -2.18. The van der Waals surface area contributed by atoms with Gasteiger partial charge in [0.25, 0.3) is 5.91 Å². The molecule has 26 heavy (non-hydrogen) atoms. The summed E-state index contributed by atoms with van der Waals surface area (Å²) in [4.78, 5) is 24.6. The van der Waals surface area contributed by atoms with Gasteiger partial charge in [0.05, 0.1) is 12.0 Å². The molecular weight excluding hydrogens is 348 g/mol. The van der Waals surface area contributed by atoms with E-state index in [1.807, 2.05) is 16.8 Å². The highest BCUT2D eigenvalue weighted by atomic mass is 32.1. The van der Waals surface area contributed by atoms with Crippen LogP contribution in [0.5, 0.6) is 0 Å². The van der Waals surface area contributed by atoms with Crippen LogP contribution in [0.25, 0.3) is 0 Å². The summed E-state index contributed by atoms with van der Waals surface area (Å²) in [6.07, 6.45) is 0.312. The lowest BCUT2D eigenvalue weighted by atomic mass is 9.98. The number of quaternary nitrogens is 1. The number of thiophene rings is 1. The van der Waals surface area contributed by atoms with Crippen LogP contribution in [-0.4, -0.2) is 25.2 Å². The van der Waals surface area contributed by atoms with Crippen molar-refractivity contribution in [3.05, 3.63) is 57.8 Å². The fourth-order valence-corrected chi connectivity index (χ4v) is 3.65. The van der Waals surface area contributed by atoms with E-state index in [9.17, 15) is 9.59 Å². The van der Waals surface area contributed by atoms with E-state index in [1.165, 1.54) is 17.6 Å². The highest BCUT2D eigenvalue weighted by molar-refractivity contribution is 7.10. The minimum Gasteiger partial charge on any atom is -0.453 e. The van der Waals surface area contributed by atoms with E-state index < -0.39 is 12.1 Å². The fraction of sp³-hybridized carbons (Fsp3) is 0.400. The average molecular weight is 376 g/mol. The van der Waals surface area contributed by atoms with Crippen LogP contribution in [0.1, 0.15) is 42.8 Å². The van der Waals surface area contributed by atoms with Gasteiger partial charge in [0, 0.05) is 5.56 Å². The van der Waals surface area contributed by atoms with Crippen LogP contribution in [0.2, 0.25) is 0 Å². The van der Waals surface area contributed by atoms with E-state index in [-0.39, 0.29) is 11.9 Å². The Morgan fingerprint density at radius 1 is 1.15 bits per heavy atom. The lowest BCUT2D eigenvalue weighted by molar-refractivity contribution is -0.704. The molecule has 1 heterocycles. The Labute approximate surface area is 158 Å². The number of amides is 2. The number of nitrogens with one attached hydrogen (secondary N) is 1. The molecule has 0 saturated carbocycles. The first-order valence-corrected chi connectivity index (χ1v) is 9.64. The van der Waals surface area contributed by atoms with Gasteiger partial charge >= 0.3 is 6.09 Å². The summed E-state index contributed by atoms with van der Waals surface area (Å²) in [5.74, 6) is 0.248. The van der Waals surface area contributed by atoms with Crippen molar-refractivity contribution in [3.63, 3.8) is 0 Å². The number of rotatable bonds is 7. The first-order valence-electron chi connectivity index (χ1n) is 8.76. The summed E-state index contributed by atoms with van der Waals surface area (Å²) < 4.78 is 4.49. The third-order valence-corrected chi connectivity index (χ3v) is 5.09. The maximum Gasteiger partial charge on any atom is 0.413 e. The number of methoxy groups -OCH3 is 1. The Morgan fingerprint density at radius 3 is 2.38 bits per heavy atom. The van der Waals surface area contributed by atoms with Crippen LogP contribution >= 0.6 is 11.3 Å². The Bertz CT molecular complexity index is 711. The van der Waals surface area contributed by atoms with E-state index in [4.69, 9.17) is 0 Å². The molecule has 0 fully saturated rings. The first-order chi connectivity index (χ1) is 12.4. The first kappa shape index (κ1) is 20.1. The van der Waals surface area contributed by atoms with Crippen LogP contribution in [0, 0.1) is 5.92 Å². The zero-order valence-corrected chi connectivity index (χ0v) is 16.5. The average Bonchev–Trinajstić information content (AvgIpc) is 3.14. The molecule has 3 N–H and O–H groups in total. The highest BCUT2D eigenvalue weighted by Gasteiger charge is 2.26. The minimum atomic E-state index is -0.735. The molecule has 0 spiro atoms. The number of carbonyl (C=O) groups is 2. The summed E-state index contributed by atoms with van der Waals surface area (Å²) in [5, 5.41) is 6.24. The second-order valence-electron chi connectivity index (χ2n) is 6.79. The summed E-state index contributed by atoms with van der Waals surface area (Å²) in [6.45, 7) is 6.20. The lowest BCUT2D eigenvalue weighted by Gasteiger charge is -2.19. The molecule has 0 aliphatic heterocycles. The Balaban J connectivity index is 2.17. The van der Waals surface area contributed by atoms with Gasteiger partial charge < -0.3 is 10.1 Å². The van der Waals surface area contributed by atoms with Gasteiger partial charge in [-0.1, -0.05) is 44.2 Å². The quantitative estimate of drug-likeness (QED) is 0.782. The highest BCUT2D eigenvalue weighted by Crippen LogP contribution is 2.23. The van der Waals surface area contributed by atoms with E-state index in [1.54, 1.807) is 18.3 Å². The van der Waals surface area contributed by atoms with Gasteiger partial charge in [-0.05, 0) is 36.3 Å². The molecule has 2 atom stereocenters. The summed E-state index contributed by atoms with van der Waals surface area (Å²) in [7, 11) is 1.24. The van der Waals surface area contributed by atoms with Gasteiger partial charge in [-0.3, -0.25) is 10.1 Å². The maximum atomic E-state index is 12.2. The van der Waals surface area contributed by atoms with Gasteiger partial charge in [-0.2, -0.15) is 0 Å². The van der Waals surface area contributed by atoms with Crippen molar-refractivity contribution in [2.24, 2.45) is 5.92 Å². The van der Waals surface area contributed by atoms with Crippen molar-refractivity contribution in [1.29, 1.82) is 0 Å². The molecule has 2 aromatic rings. The summed E-state index contributed by atoms with van der Waals surface area (Å²) >= 11 is 1.66. The SMILES string of the molecule is COC(=O)NC(=O)[C@@H](C)[NH2+][C@@H](c1ccc(CC(C)C)cc1)c1cccs1. The van der Waals surface area contributed by atoms with E-state index >= 15 is 0 Å². The van der Waals surface area contributed by atoms with Crippen LogP contribution in [0.15, 0.2) is 41.8 Å². The number of nitrogens with two attached hydrogens (primary N) is 1. The zero-order chi connectivity index (χ0) is 19.1. The number of benzene rings is 1. The molecule has 2 amide bonds. The largest absolute Gasteiger partial charge is 0.453 e. The second kappa shape index (κ2) is 9.50. The fourth-order valence-electron chi connectivity index (χ4n) is 2.81. The van der Waals surface area contributed by atoms with Gasteiger partial charge in [-0.15, -0.1) is 11.3 Å².